The molecule has 0 bridgehead atoms. The van der Waals surface area contributed by atoms with Crippen molar-refractivity contribution in [2.75, 3.05) is 44.7 Å². The number of thiophene rings is 1. The lowest BCUT2D eigenvalue weighted by Gasteiger charge is -2.33. The van der Waals surface area contributed by atoms with Gasteiger partial charge in [-0.05, 0) is 43.3 Å². The summed E-state index contributed by atoms with van der Waals surface area (Å²) >= 11 is 1.43. The summed E-state index contributed by atoms with van der Waals surface area (Å²) in [7, 11) is 0. The lowest BCUT2D eigenvalue weighted by Crippen LogP contribution is -2.46. The molecule has 0 unspecified atom stereocenters. The van der Waals surface area contributed by atoms with Gasteiger partial charge in [0, 0.05) is 37.3 Å². The minimum absolute atomic E-state index is 0.0158. The highest BCUT2D eigenvalue weighted by atomic mass is 32.1. The number of nitrogens with one attached hydrogen (secondary N) is 1. The molecule has 0 saturated carbocycles. The number of benzene rings is 1. The van der Waals surface area contributed by atoms with Crippen LogP contribution in [0.25, 0.3) is 0 Å². The molecule has 0 spiro atoms. The van der Waals surface area contributed by atoms with Crippen LogP contribution in [0.15, 0.2) is 35.7 Å². The van der Waals surface area contributed by atoms with Crippen LogP contribution in [0.2, 0.25) is 0 Å². The van der Waals surface area contributed by atoms with Gasteiger partial charge in [-0.2, -0.15) is 0 Å². The molecule has 170 valence electrons. The number of ether oxygens (including phenoxy) is 2. The van der Waals surface area contributed by atoms with Crippen molar-refractivity contribution in [3.8, 4) is 11.5 Å². The van der Waals surface area contributed by atoms with E-state index in [-0.39, 0.29) is 30.2 Å². The van der Waals surface area contributed by atoms with Crippen LogP contribution in [-0.4, -0.2) is 66.9 Å². The zero-order chi connectivity index (χ0) is 22.5. The Morgan fingerprint density at radius 1 is 1.12 bits per heavy atom. The monoisotopic (exact) mass is 457 g/mol. The van der Waals surface area contributed by atoms with Gasteiger partial charge in [0.05, 0.1) is 11.4 Å². The SMILES string of the molecule is CCN(CC(=O)Nc1ccc2c(c1)OCCO2)C(=O)C1CCN(C(=O)c2cccs2)CC1. The van der Waals surface area contributed by atoms with Crippen molar-refractivity contribution in [1.82, 2.24) is 9.80 Å². The number of rotatable bonds is 6. The predicted octanol–water partition coefficient (Wildman–Crippen LogP) is 2.86. The van der Waals surface area contributed by atoms with Crippen molar-refractivity contribution in [1.29, 1.82) is 0 Å². The molecule has 1 aromatic carbocycles. The first kappa shape index (κ1) is 22.1. The number of nitrogens with zero attached hydrogens (tertiary/aromatic N) is 2. The number of hydrogen-bond acceptors (Lipinski definition) is 6. The van der Waals surface area contributed by atoms with Crippen molar-refractivity contribution < 1.29 is 23.9 Å². The van der Waals surface area contributed by atoms with Gasteiger partial charge in [0.25, 0.3) is 5.91 Å². The molecule has 3 amide bonds. The van der Waals surface area contributed by atoms with Gasteiger partial charge in [0.1, 0.15) is 13.2 Å². The normalized spacial score (nSPS) is 15.8. The molecule has 2 aliphatic heterocycles. The van der Waals surface area contributed by atoms with Gasteiger partial charge in [0.2, 0.25) is 11.8 Å². The smallest absolute Gasteiger partial charge is 0.263 e. The van der Waals surface area contributed by atoms with Crippen LogP contribution < -0.4 is 14.8 Å². The van der Waals surface area contributed by atoms with E-state index in [1.54, 1.807) is 28.0 Å². The topological polar surface area (TPSA) is 88.2 Å². The average Bonchev–Trinajstić information content (AvgIpc) is 3.37. The lowest BCUT2D eigenvalue weighted by molar-refractivity contribution is -0.139. The zero-order valence-corrected chi connectivity index (χ0v) is 18.9. The van der Waals surface area contributed by atoms with Crippen LogP contribution in [0.5, 0.6) is 11.5 Å². The molecule has 0 atom stereocenters. The van der Waals surface area contributed by atoms with E-state index in [4.69, 9.17) is 9.47 Å². The molecule has 1 saturated heterocycles. The Hall–Kier alpha value is -3.07. The minimum Gasteiger partial charge on any atom is -0.486 e. The van der Waals surface area contributed by atoms with Crippen LogP contribution in [0, 0.1) is 5.92 Å². The Bertz CT molecular complexity index is 970. The lowest BCUT2D eigenvalue weighted by atomic mass is 9.95. The largest absolute Gasteiger partial charge is 0.486 e. The number of piperidine rings is 1. The molecule has 8 nitrogen and oxygen atoms in total. The summed E-state index contributed by atoms with van der Waals surface area (Å²) in [6, 6.07) is 8.93. The van der Waals surface area contributed by atoms with E-state index in [1.165, 1.54) is 11.3 Å². The third kappa shape index (κ3) is 5.04. The van der Waals surface area contributed by atoms with Crippen molar-refractivity contribution in [3.05, 3.63) is 40.6 Å². The summed E-state index contributed by atoms with van der Waals surface area (Å²) in [6.07, 6.45) is 1.21. The number of likely N-dealkylation sites (tertiary alicyclic amines) is 1. The molecular formula is C23H27N3O5S. The van der Waals surface area contributed by atoms with Crippen molar-refractivity contribution in [2.45, 2.75) is 19.8 Å². The first-order valence-electron chi connectivity index (χ1n) is 10.9. The van der Waals surface area contributed by atoms with Gasteiger partial charge in [0.15, 0.2) is 11.5 Å². The fraction of sp³-hybridized carbons (Fsp3) is 0.435. The van der Waals surface area contributed by atoms with Crippen molar-refractivity contribution in [3.63, 3.8) is 0 Å². The quantitative estimate of drug-likeness (QED) is 0.721. The molecule has 9 heteroatoms. The fourth-order valence-corrected chi connectivity index (χ4v) is 4.68. The first-order valence-corrected chi connectivity index (χ1v) is 11.7. The molecule has 0 aliphatic carbocycles. The molecule has 2 aromatic rings. The Morgan fingerprint density at radius 3 is 2.56 bits per heavy atom. The predicted molar refractivity (Wildman–Crippen MR) is 121 cm³/mol. The minimum atomic E-state index is -0.262. The Labute approximate surface area is 191 Å². The standard InChI is InChI=1S/C23H27N3O5S/c1-2-25(15-21(27)24-17-5-6-18-19(14-17)31-12-11-30-18)22(28)16-7-9-26(10-8-16)23(29)20-4-3-13-32-20/h3-6,13-14,16H,2,7-12,15H2,1H3,(H,24,27). The van der Waals surface area contributed by atoms with Gasteiger partial charge in [-0.15, -0.1) is 11.3 Å². The fourth-order valence-electron chi connectivity index (χ4n) is 3.98. The van der Waals surface area contributed by atoms with Gasteiger partial charge >= 0.3 is 0 Å². The average molecular weight is 458 g/mol. The van der Waals surface area contributed by atoms with Crippen molar-refractivity contribution >= 4 is 34.7 Å². The van der Waals surface area contributed by atoms with E-state index < -0.39 is 0 Å². The summed E-state index contributed by atoms with van der Waals surface area (Å²) in [5, 5.41) is 4.72. The summed E-state index contributed by atoms with van der Waals surface area (Å²) in [5.41, 5.74) is 0.600. The number of carbonyl (C=O) groups excluding carboxylic acids is 3. The number of fused-ring (bicyclic) bond motifs is 1. The number of likely N-dealkylation sites (N-methyl/N-ethyl adjacent to an activating group) is 1. The first-order chi connectivity index (χ1) is 15.5. The van der Waals surface area contributed by atoms with Gasteiger partial charge in [-0.3, -0.25) is 14.4 Å². The summed E-state index contributed by atoms with van der Waals surface area (Å²) in [4.78, 5) is 42.2. The summed E-state index contributed by atoms with van der Waals surface area (Å²) < 4.78 is 11.0. The van der Waals surface area contributed by atoms with Gasteiger partial charge < -0.3 is 24.6 Å². The van der Waals surface area contributed by atoms with E-state index in [2.05, 4.69) is 5.32 Å². The van der Waals surface area contributed by atoms with E-state index in [0.29, 0.717) is 62.9 Å². The highest BCUT2D eigenvalue weighted by Gasteiger charge is 2.31. The van der Waals surface area contributed by atoms with E-state index in [9.17, 15) is 14.4 Å². The number of anilines is 1. The Morgan fingerprint density at radius 2 is 1.88 bits per heavy atom. The second-order valence-corrected chi connectivity index (χ2v) is 8.75. The maximum Gasteiger partial charge on any atom is 0.263 e. The molecule has 1 fully saturated rings. The molecule has 1 N–H and O–H groups in total. The van der Waals surface area contributed by atoms with Gasteiger partial charge in [-0.25, -0.2) is 0 Å². The molecule has 0 radical (unpaired) electrons. The maximum absolute atomic E-state index is 13.0. The van der Waals surface area contributed by atoms with Crippen LogP contribution in [0.3, 0.4) is 0 Å². The maximum atomic E-state index is 13.0. The molecule has 2 aliphatic rings. The van der Waals surface area contributed by atoms with Crippen LogP contribution in [0.1, 0.15) is 29.4 Å². The highest BCUT2D eigenvalue weighted by molar-refractivity contribution is 7.12. The third-order valence-electron chi connectivity index (χ3n) is 5.72. The van der Waals surface area contributed by atoms with E-state index in [1.807, 2.05) is 24.4 Å². The Balaban J connectivity index is 1.29. The molecule has 32 heavy (non-hydrogen) atoms. The highest BCUT2D eigenvalue weighted by Crippen LogP contribution is 2.32. The van der Waals surface area contributed by atoms with Crippen LogP contribution in [-0.2, 0) is 9.59 Å². The third-order valence-corrected chi connectivity index (χ3v) is 6.58. The molecule has 3 heterocycles. The van der Waals surface area contributed by atoms with E-state index in [0.717, 1.165) is 4.88 Å². The molecular weight excluding hydrogens is 430 g/mol. The van der Waals surface area contributed by atoms with Crippen LogP contribution >= 0.6 is 11.3 Å². The number of amides is 3. The number of hydrogen-bond donors (Lipinski definition) is 1. The summed E-state index contributed by atoms with van der Waals surface area (Å²) in [6.45, 7) is 4.38. The Kier molecular flexibility index (Phi) is 6.94. The second kappa shape index (κ2) is 10.0. The second-order valence-electron chi connectivity index (χ2n) is 7.80. The summed E-state index contributed by atoms with van der Waals surface area (Å²) in [5.74, 6) is 0.807. The van der Waals surface area contributed by atoms with Crippen LogP contribution in [0.4, 0.5) is 5.69 Å². The van der Waals surface area contributed by atoms with Crippen molar-refractivity contribution in [2.24, 2.45) is 5.92 Å². The molecule has 1 aromatic heterocycles. The zero-order valence-electron chi connectivity index (χ0n) is 18.0. The number of carbonyl (C=O) groups is 3. The van der Waals surface area contributed by atoms with Gasteiger partial charge in [-0.1, -0.05) is 6.07 Å². The molecule has 4 rings (SSSR count). The van der Waals surface area contributed by atoms with E-state index >= 15 is 0 Å².